The highest BCUT2D eigenvalue weighted by Crippen LogP contribution is 2.15. The monoisotopic (exact) mass is 477 g/mol. The molecule has 3 aromatic carbocycles. The van der Waals surface area contributed by atoms with Crippen molar-refractivity contribution in [2.24, 2.45) is 0 Å². The average molecular weight is 478 g/mol. The normalized spacial score (nSPS) is 11.3. The van der Waals surface area contributed by atoms with Crippen LogP contribution in [0.25, 0.3) is 18.2 Å². The van der Waals surface area contributed by atoms with Crippen molar-refractivity contribution >= 4 is 18.2 Å². The van der Waals surface area contributed by atoms with Crippen molar-refractivity contribution in [1.82, 2.24) is 15.0 Å². The van der Waals surface area contributed by atoms with Gasteiger partial charge in [0.05, 0.1) is 0 Å². The zero-order valence-electron chi connectivity index (χ0n) is 19.8. The molecule has 180 valence electrons. The van der Waals surface area contributed by atoms with E-state index in [1.165, 1.54) is 0 Å². The van der Waals surface area contributed by atoms with Gasteiger partial charge in [0.25, 0.3) is 0 Å². The second-order valence-corrected chi connectivity index (χ2v) is 7.56. The van der Waals surface area contributed by atoms with E-state index in [9.17, 15) is 0 Å². The van der Waals surface area contributed by atoms with Crippen LogP contribution >= 0.6 is 0 Å². The Kier molecular flexibility index (Phi) is 9.40. The Morgan fingerprint density at radius 1 is 0.417 bits per heavy atom. The molecule has 6 nitrogen and oxygen atoms in total. The number of rotatable bonds is 12. The van der Waals surface area contributed by atoms with Gasteiger partial charge in [0.1, 0.15) is 19.8 Å². The van der Waals surface area contributed by atoms with Crippen LogP contribution in [0.2, 0.25) is 0 Å². The van der Waals surface area contributed by atoms with E-state index in [2.05, 4.69) is 15.0 Å². The molecule has 0 saturated heterocycles. The maximum absolute atomic E-state index is 5.72. The Hall–Kier alpha value is -4.71. The van der Waals surface area contributed by atoms with Gasteiger partial charge in [-0.25, -0.2) is 0 Å². The van der Waals surface area contributed by atoms with Crippen molar-refractivity contribution in [2.45, 2.75) is 0 Å². The molecule has 0 N–H and O–H groups in total. The lowest BCUT2D eigenvalue weighted by Gasteiger charge is -2.07. The predicted octanol–water partition coefficient (Wildman–Crippen LogP) is 6.15. The van der Waals surface area contributed by atoms with Gasteiger partial charge in [-0.05, 0) is 34.9 Å². The topological polar surface area (TPSA) is 66.4 Å². The highest BCUT2D eigenvalue weighted by atomic mass is 16.5. The van der Waals surface area contributed by atoms with Crippen molar-refractivity contribution < 1.29 is 14.2 Å². The molecule has 36 heavy (non-hydrogen) atoms. The molecule has 0 radical (unpaired) electrons. The molecule has 0 fully saturated rings. The number of ether oxygens (including phenoxy) is 3. The number of hydrogen-bond acceptors (Lipinski definition) is 6. The van der Waals surface area contributed by atoms with Gasteiger partial charge in [-0.15, -0.1) is 15.0 Å². The van der Waals surface area contributed by atoms with Gasteiger partial charge in [-0.2, -0.15) is 0 Å². The zero-order chi connectivity index (χ0) is 24.7. The van der Waals surface area contributed by atoms with Crippen molar-refractivity contribution in [3.63, 3.8) is 0 Å². The Morgan fingerprint density at radius 3 is 0.972 bits per heavy atom. The molecule has 4 aromatic rings. The van der Waals surface area contributed by atoms with E-state index in [0.717, 1.165) is 16.7 Å². The van der Waals surface area contributed by atoms with Gasteiger partial charge in [0.2, 0.25) is 0 Å². The highest BCUT2D eigenvalue weighted by molar-refractivity contribution is 5.50. The molecular weight excluding hydrogens is 450 g/mol. The Balaban J connectivity index is 1.38. The van der Waals surface area contributed by atoms with Crippen molar-refractivity contribution in [3.8, 4) is 18.0 Å². The lowest BCUT2D eigenvalue weighted by atomic mass is 10.2. The second kappa shape index (κ2) is 13.9. The minimum Gasteiger partial charge on any atom is -0.459 e. The Morgan fingerprint density at radius 2 is 0.694 bits per heavy atom. The van der Waals surface area contributed by atoms with Crippen LogP contribution in [0.1, 0.15) is 16.7 Å². The molecule has 1 heterocycles. The molecule has 0 saturated carbocycles. The van der Waals surface area contributed by atoms with Crippen LogP contribution in [-0.2, 0) is 0 Å². The second-order valence-electron chi connectivity index (χ2n) is 7.56. The minimum atomic E-state index is 0.131. The third kappa shape index (κ3) is 8.57. The predicted molar refractivity (Wildman–Crippen MR) is 143 cm³/mol. The molecular formula is C30H27N3O3. The molecule has 0 aliphatic carbocycles. The third-order valence-electron chi connectivity index (χ3n) is 4.83. The minimum absolute atomic E-state index is 0.131. The maximum Gasteiger partial charge on any atom is 0.326 e. The van der Waals surface area contributed by atoms with Crippen LogP contribution in [-0.4, -0.2) is 34.8 Å². The first-order chi connectivity index (χ1) is 17.8. The van der Waals surface area contributed by atoms with Gasteiger partial charge in [0, 0.05) is 0 Å². The summed E-state index contributed by atoms with van der Waals surface area (Å²) in [7, 11) is 0. The summed E-state index contributed by atoms with van der Waals surface area (Å²) < 4.78 is 17.1. The first kappa shape index (κ1) is 24.4. The summed E-state index contributed by atoms with van der Waals surface area (Å²) in [5.74, 6) is 0. The molecule has 0 amide bonds. The van der Waals surface area contributed by atoms with Crippen LogP contribution in [0, 0.1) is 0 Å². The van der Waals surface area contributed by atoms with E-state index in [0.29, 0.717) is 19.8 Å². The van der Waals surface area contributed by atoms with E-state index >= 15 is 0 Å². The molecule has 6 heteroatoms. The summed E-state index contributed by atoms with van der Waals surface area (Å²) in [6, 6.07) is 30.3. The van der Waals surface area contributed by atoms with E-state index in [4.69, 9.17) is 14.2 Å². The molecule has 0 spiro atoms. The fraction of sp³-hybridized carbons (Fsp3) is 0.100. The maximum atomic E-state index is 5.72. The van der Waals surface area contributed by atoms with Crippen LogP contribution in [0.3, 0.4) is 0 Å². The van der Waals surface area contributed by atoms with Crippen LogP contribution in [0.15, 0.2) is 109 Å². The van der Waals surface area contributed by atoms with Crippen molar-refractivity contribution in [2.75, 3.05) is 19.8 Å². The first-order valence-corrected chi connectivity index (χ1v) is 11.6. The molecule has 0 atom stereocenters. The van der Waals surface area contributed by atoms with Crippen LogP contribution < -0.4 is 14.2 Å². The lowest BCUT2D eigenvalue weighted by molar-refractivity contribution is 0.268. The number of hydrogen-bond donors (Lipinski definition) is 0. The summed E-state index contributed by atoms with van der Waals surface area (Å²) >= 11 is 0. The van der Waals surface area contributed by atoms with E-state index < -0.39 is 0 Å². The van der Waals surface area contributed by atoms with Crippen molar-refractivity contribution in [3.05, 3.63) is 126 Å². The van der Waals surface area contributed by atoms with Gasteiger partial charge >= 0.3 is 18.0 Å². The molecule has 4 rings (SSSR count). The Bertz CT molecular complexity index is 1100. The standard InChI is InChI=1S/C30H27N3O3/c1-4-13-25(14-5-1)19-10-22-34-28-31-29(35-23-11-20-26-15-6-2-7-16-26)33-30(32-28)36-24-12-21-27-17-8-3-9-18-27/h1-21H,22-24H2. The van der Waals surface area contributed by atoms with E-state index in [-0.39, 0.29) is 18.0 Å². The summed E-state index contributed by atoms with van der Waals surface area (Å²) in [5, 5.41) is 0. The van der Waals surface area contributed by atoms with Gasteiger partial charge < -0.3 is 14.2 Å². The average Bonchev–Trinajstić information content (AvgIpc) is 2.93. The van der Waals surface area contributed by atoms with E-state index in [1.54, 1.807) is 0 Å². The summed E-state index contributed by atoms with van der Waals surface area (Å²) in [5.41, 5.74) is 3.25. The van der Waals surface area contributed by atoms with Crippen LogP contribution in [0.4, 0.5) is 0 Å². The molecule has 0 unspecified atom stereocenters. The fourth-order valence-electron chi connectivity index (χ4n) is 3.13. The van der Waals surface area contributed by atoms with Gasteiger partial charge in [-0.3, -0.25) is 0 Å². The van der Waals surface area contributed by atoms with Gasteiger partial charge in [0.15, 0.2) is 0 Å². The van der Waals surface area contributed by atoms with Gasteiger partial charge in [-0.1, -0.05) is 109 Å². The van der Waals surface area contributed by atoms with Crippen molar-refractivity contribution in [1.29, 1.82) is 0 Å². The fourth-order valence-corrected chi connectivity index (χ4v) is 3.13. The third-order valence-corrected chi connectivity index (χ3v) is 4.83. The Labute approximate surface area is 211 Å². The van der Waals surface area contributed by atoms with Crippen LogP contribution in [0.5, 0.6) is 18.0 Å². The first-order valence-electron chi connectivity index (χ1n) is 11.6. The summed E-state index contributed by atoms with van der Waals surface area (Å²) in [6.45, 7) is 0.874. The number of benzene rings is 3. The molecule has 0 aliphatic rings. The number of aromatic nitrogens is 3. The summed E-state index contributed by atoms with van der Waals surface area (Å²) in [6.07, 6.45) is 11.6. The zero-order valence-corrected chi connectivity index (χ0v) is 19.8. The molecule has 0 aliphatic heterocycles. The SMILES string of the molecule is C(=Cc1ccccc1)COc1nc(OCC=Cc2ccccc2)nc(OCC=Cc2ccccc2)n1. The number of nitrogens with zero attached hydrogens (tertiary/aromatic N) is 3. The molecule has 1 aromatic heterocycles. The smallest absolute Gasteiger partial charge is 0.326 e. The lowest BCUT2D eigenvalue weighted by Crippen LogP contribution is -2.07. The largest absolute Gasteiger partial charge is 0.459 e. The van der Waals surface area contributed by atoms with E-state index in [1.807, 2.05) is 127 Å². The molecule has 0 bridgehead atoms. The quantitative estimate of drug-likeness (QED) is 0.244. The summed E-state index contributed by atoms with van der Waals surface area (Å²) in [4.78, 5) is 12.8. The highest BCUT2D eigenvalue weighted by Gasteiger charge is 2.09.